The normalized spacial score (nSPS) is 13.2. The van der Waals surface area contributed by atoms with Crippen molar-refractivity contribution in [2.45, 2.75) is 245 Å². The third kappa shape index (κ3) is 54.9. The van der Waals surface area contributed by atoms with E-state index in [0.29, 0.717) is 19.4 Å². The molecule has 0 saturated heterocycles. The lowest BCUT2D eigenvalue weighted by molar-refractivity contribution is -0.163. The predicted octanol–water partition coefficient (Wildman–Crippen LogP) is 19.3. The SMILES string of the molecule is CC/C=C\C/C=C\C/C=C\C/C=C\CCCCCCCCC(=O)OCC(COCCCCCCCC/C=C\C/C=C\CCCCC)OC(=O)CCCCCC/C=C\C/C=C\C/C=C\C/C=C\CC. The fraction of sp³-hybridized carbons (Fsp3) is 0.651. The van der Waals surface area contributed by atoms with Gasteiger partial charge in [0.25, 0.3) is 0 Å². The van der Waals surface area contributed by atoms with Gasteiger partial charge in [0.15, 0.2) is 6.10 Å². The fourth-order valence-corrected chi connectivity index (χ4v) is 7.34. The van der Waals surface area contributed by atoms with E-state index in [9.17, 15) is 9.59 Å². The van der Waals surface area contributed by atoms with Crippen LogP contribution < -0.4 is 0 Å². The number of ether oxygens (including phenoxy) is 3. The minimum atomic E-state index is -0.570. The third-order valence-electron chi connectivity index (χ3n) is 11.5. The number of carbonyl (C=O) groups excluding carboxylic acids is 2. The van der Waals surface area contributed by atoms with Gasteiger partial charge in [-0.05, 0) is 128 Å². The van der Waals surface area contributed by atoms with Gasteiger partial charge in [-0.3, -0.25) is 9.59 Å². The Morgan fingerprint density at radius 1 is 0.338 bits per heavy atom. The van der Waals surface area contributed by atoms with E-state index in [1.807, 2.05) is 0 Å². The Kier molecular flexibility index (Phi) is 54.5. The van der Waals surface area contributed by atoms with E-state index < -0.39 is 6.10 Å². The molecule has 0 aromatic carbocycles. The molecule has 0 aliphatic heterocycles. The first kappa shape index (κ1) is 64.3. The zero-order chi connectivity index (χ0) is 49.2. The van der Waals surface area contributed by atoms with E-state index in [-0.39, 0.29) is 25.2 Å². The number of unbranched alkanes of at least 4 members (excludes halogenated alkanes) is 19. The van der Waals surface area contributed by atoms with Crippen molar-refractivity contribution in [2.75, 3.05) is 19.8 Å². The predicted molar refractivity (Wildman–Crippen MR) is 297 cm³/mol. The molecule has 0 heterocycles. The molecule has 0 saturated carbocycles. The van der Waals surface area contributed by atoms with Crippen LogP contribution in [0.2, 0.25) is 0 Å². The number of esters is 2. The highest BCUT2D eigenvalue weighted by Crippen LogP contribution is 2.13. The van der Waals surface area contributed by atoms with Crippen LogP contribution in [0.5, 0.6) is 0 Å². The van der Waals surface area contributed by atoms with Gasteiger partial charge < -0.3 is 14.2 Å². The first-order valence-corrected chi connectivity index (χ1v) is 28.1. The summed E-state index contributed by atoms with van der Waals surface area (Å²) >= 11 is 0. The maximum atomic E-state index is 12.9. The minimum absolute atomic E-state index is 0.0560. The highest BCUT2D eigenvalue weighted by Gasteiger charge is 2.17. The summed E-state index contributed by atoms with van der Waals surface area (Å²) in [5.74, 6) is -0.451. The van der Waals surface area contributed by atoms with Crippen LogP contribution in [0, 0.1) is 0 Å². The van der Waals surface area contributed by atoms with E-state index in [2.05, 4.69) is 142 Å². The summed E-state index contributed by atoms with van der Waals surface area (Å²) in [5, 5.41) is 0. The van der Waals surface area contributed by atoms with Crippen molar-refractivity contribution in [2.24, 2.45) is 0 Å². The van der Waals surface area contributed by atoms with Gasteiger partial charge in [0.1, 0.15) is 6.61 Å². The summed E-state index contributed by atoms with van der Waals surface area (Å²) in [6, 6.07) is 0. The molecule has 1 atom stereocenters. The molecule has 0 rings (SSSR count). The van der Waals surface area contributed by atoms with Gasteiger partial charge >= 0.3 is 11.9 Å². The van der Waals surface area contributed by atoms with Crippen LogP contribution >= 0.6 is 0 Å². The maximum absolute atomic E-state index is 12.9. The van der Waals surface area contributed by atoms with Crippen LogP contribution in [0.15, 0.2) is 122 Å². The zero-order valence-electron chi connectivity index (χ0n) is 44.3. The number of rotatable bonds is 50. The monoisotopic (exact) mass is 941 g/mol. The molecule has 0 radical (unpaired) electrons. The fourth-order valence-electron chi connectivity index (χ4n) is 7.34. The highest BCUT2D eigenvalue weighted by molar-refractivity contribution is 5.70. The van der Waals surface area contributed by atoms with Crippen LogP contribution in [-0.4, -0.2) is 37.9 Å². The minimum Gasteiger partial charge on any atom is -0.462 e. The van der Waals surface area contributed by atoms with Crippen LogP contribution in [-0.2, 0) is 23.8 Å². The largest absolute Gasteiger partial charge is 0.462 e. The average molecular weight is 942 g/mol. The number of allylic oxidation sites excluding steroid dienone is 20. The topological polar surface area (TPSA) is 61.8 Å². The van der Waals surface area contributed by atoms with Crippen molar-refractivity contribution in [3.05, 3.63) is 122 Å². The van der Waals surface area contributed by atoms with Crippen molar-refractivity contribution >= 4 is 11.9 Å². The lowest BCUT2D eigenvalue weighted by Crippen LogP contribution is -2.30. The molecule has 0 N–H and O–H groups in total. The Labute approximate surface area is 420 Å². The van der Waals surface area contributed by atoms with Gasteiger partial charge in [0, 0.05) is 19.4 Å². The molecule has 0 bridgehead atoms. The summed E-state index contributed by atoms with van der Waals surface area (Å²) in [7, 11) is 0. The standard InChI is InChI=1S/C63H104O5/c1-4-7-10-13-16-19-22-25-28-31-32-34-35-38-41-44-47-50-53-56-62(64)67-60-61(59-66-58-55-52-49-46-43-40-37-30-27-24-21-18-15-12-9-6-3)68-63(65)57-54-51-48-45-42-39-36-33-29-26-23-20-17-14-11-8-5-2/h7-8,10-11,16-21,25-30,32,34,36,39,61H,4-6,9,12-15,22-24,31,33,35,37-38,40-60H2,1-3H3/b10-7-,11-8-,19-16-,20-17-,21-18-,28-25-,29-26-,30-27-,34-32-,39-36-. The van der Waals surface area contributed by atoms with Crippen molar-refractivity contribution in [1.82, 2.24) is 0 Å². The molecule has 0 spiro atoms. The van der Waals surface area contributed by atoms with Gasteiger partial charge in [-0.2, -0.15) is 0 Å². The molecular weight excluding hydrogens is 837 g/mol. The summed E-state index contributed by atoms with van der Waals surface area (Å²) in [5.41, 5.74) is 0. The van der Waals surface area contributed by atoms with Crippen LogP contribution in [0.1, 0.15) is 239 Å². The molecule has 1 unspecified atom stereocenters. The molecule has 68 heavy (non-hydrogen) atoms. The van der Waals surface area contributed by atoms with E-state index in [1.165, 1.54) is 77.0 Å². The van der Waals surface area contributed by atoms with Gasteiger partial charge in [-0.15, -0.1) is 0 Å². The van der Waals surface area contributed by atoms with E-state index in [1.54, 1.807) is 0 Å². The Balaban J connectivity index is 4.39. The molecule has 5 nitrogen and oxygen atoms in total. The van der Waals surface area contributed by atoms with Crippen molar-refractivity contribution in [3.8, 4) is 0 Å². The Morgan fingerprint density at radius 2 is 0.662 bits per heavy atom. The number of hydrogen-bond acceptors (Lipinski definition) is 5. The van der Waals surface area contributed by atoms with Crippen LogP contribution in [0.4, 0.5) is 0 Å². The first-order chi connectivity index (χ1) is 33.6. The van der Waals surface area contributed by atoms with Gasteiger partial charge in [-0.25, -0.2) is 0 Å². The molecule has 0 aliphatic carbocycles. The highest BCUT2D eigenvalue weighted by atomic mass is 16.6. The summed E-state index contributed by atoms with van der Waals surface area (Å²) in [6.45, 7) is 7.51. The molecule has 0 aliphatic rings. The Morgan fingerprint density at radius 3 is 1.06 bits per heavy atom. The second kappa shape index (κ2) is 57.6. The molecule has 0 aromatic heterocycles. The van der Waals surface area contributed by atoms with Crippen LogP contribution in [0.25, 0.3) is 0 Å². The van der Waals surface area contributed by atoms with Gasteiger partial charge in [0.2, 0.25) is 0 Å². The van der Waals surface area contributed by atoms with Crippen LogP contribution in [0.3, 0.4) is 0 Å². The second-order valence-corrected chi connectivity index (χ2v) is 18.1. The van der Waals surface area contributed by atoms with Gasteiger partial charge in [0.05, 0.1) is 6.61 Å². The lowest BCUT2D eigenvalue weighted by Gasteiger charge is -2.18. The van der Waals surface area contributed by atoms with E-state index >= 15 is 0 Å². The number of hydrogen-bond donors (Lipinski definition) is 0. The molecule has 5 heteroatoms. The molecule has 0 amide bonds. The molecular formula is C63H104O5. The summed E-state index contributed by atoms with van der Waals surface area (Å²) in [6.07, 6.45) is 80.7. The van der Waals surface area contributed by atoms with E-state index in [4.69, 9.17) is 14.2 Å². The quantitative estimate of drug-likeness (QED) is 0.0345. The summed E-state index contributed by atoms with van der Waals surface area (Å²) in [4.78, 5) is 25.5. The number of carbonyl (C=O) groups is 2. The molecule has 386 valence electrons. The Hall–Kier alpha value is -3.70. The zero-order valence-corrected chi connectivity index (χ0v) is 44.3. The Bertz CT molecular complexity index is 1390. The third-order valence-corrected chi connectivity index (χ3v) is 11.5. The maximum Gasteiger partial charge on any atom is 0.306 e. The summed E-state index contributed by atoms with van der Waals surface area (Å²) < 4.78 is 17.4. The van der Waals surface area contributed by atoms with Crippen molar-refractivity contribution < 1.29 is 23.8 Å². The first-order valence-electron chi connectivity index (χ1n) is 28.1. The molecule has 0 aromatic rings. The van der Waals surface area contributed by atoms with Gasteiger partial charge in [-0.1, -0.05) is 219 Å². The van der Waals surface area contributed by atoms with Crippen molar-refractivity contribution in [3.63, 3.8) is 0 Å². The van der Waals surface area contributed by atoms with E-state index in [0.717, 1.165) is 128 Å². The molecule has 0 fully saturated rings. The second-order valence-electron chi connectivity index (χ2n) is 18.1. The lowest BCUT2D eigenvalue weighted by atomic mass is 10.1. The van der Waals surface area contributed by atoms with Crippen molar-refractivity contribution in [1.29, 1.82) is 0 Å². The smallest absolute Gasteiger partial charge is 0.306 e. The average Bonchev–Trinajstić information content (AvgIpc) is 3.34.